The number of nitrogens with one attached hydrogen (secondary N) is 2. The van der Waals surface area contributed by atoms with Gasteiger partial charge in [0.1, 0.15) is 11.4 Å². The predicted octanol–water partition coefficient (Wildman–Crippen LogP) is 5.03. The zero-order valence-corrected chi connectivity index (χ0v) is 15.9. The van der Waals surface area contributed by atoms with Gasteiger partial charge in [0.05, 0.1) is 17.1 Å². The van der Waals surface area contributed by atoms with E-state index in [0.29, 0.717) is 23.7 Å². The van der Waals surface area contributed by atoms with E-state index in [2.05, 4.69) is 12.2 Å². The average molecular weight is 360 g/mol. The van der Waals surface area contributed by atoms with E-state index < -0.39 is 0 Å². The molecule has 0 saturated heterocycles. The molecule has 0 saturated carbocycles. The Morgan fingerprint density at radius 3 is 2.44 bits per heavy atom. The molecule has 5 heteroatoms. The molecule has 0 unspecified atom stereocenters. The van der Waals surface area contributed by atoms with Crippen molar-refractivity contribution in [3.05, 3.63) is 59.8 Å². The summed E-state index contributed by atoms with van der Waals surface area (Å²) in [6.07, 6.45) is 1.52. The lowest BCUT2D eigenvalue weighted by molar-refractivity contribution is 0.471. The number of nitrogens with zero attached hydrogens (tertiary/aromatic N) is 2. The molecule has 5 nitrogen and oxygen atoms in total. The minimum absolute atomic E-state index is 0.251. The first-order valence-corrected chi connectivity index (χ1v) is 9.08. The molecule has 0 aliphatic carbocycles. The first-order valence-electron chi connectivity index (χ1n) is 9.08. The molecule has 1 aromatic heterocycles. The van der Waals surface area contributed by atoms with Crippen molar-refractivity contribution in [2.45, 2.75) is 26.7 Å². The van der Waals surface area contributed by atoms with Gasteiger partial charge in [-0.15, -0.1) is 0 Å². The lowest BCUT2D eigenvalue weighted by Gasteiger charge is -2.16. The summed E-state index contributed by atoms with van der Waals surface area (Å²) < 4.78 is 0. The fraction of sp³-hybridized carbons (Fsp3) is 0.227. The van der Waals surface area contributed by atoms with Crippen LogP contribution in [0.4, 0.5) is 5.69 Å². The van der Waals surface area contributed by atoms with Crippen molar-refractivity contribution in [3.8, 4) is 28.4 Å². The fourth-order valence-electron chi connectivity index (χ4n) is 3.01. The number of anilines is 1. The molecule has 0 amide bonds. The molecule has 3 rings (SSSR count). The van der Waals surface area contributed by atoms with Crippen LogP contribution in [0.2, 0.25) is 0 Å². The van der Waals surface area contributed by atoms with Crippen LogP contribution in [0, 0.1) is 12.3 Å². The third-order valence-electron chi connectivity index (χ3n) is 4.45. The molecular weight excluding hydrogens is 336 g/mol. The highest BCUT2D eigenvalue weighted by atomic mass is 16.3. The third kappa shape index (κ3) is 3.82. The van der Waals surface area contributed by atoms with Crippen molar-refractivity contribution in [2.24, 2.45) is 0 Å². The van der Waals surface area contributed by atoms with E-state index in [0.717, 1.165) is 34.5 Å². The summed E-state index contributed by atoms with van der Waals surface area (Å²) in [5.74, 6) is 0.840. The molecule has 0 bridgehead atoms. The average Bonchev–Trinajstić information content (AvgIpc) is 2.70. The smallest absolute Gasteiger partial charge is 0.160 e. The van der Waals surface area contributed by atoms with Crippen LogP contribution in [0.1, 0.15) is 31.0 Å². The summed E-state index contributed by atoms with van der Waals surface area (Å²) >= 11 is 0. The first kappa shape index (κ1) is 18.6. The summed E-state index contributed by atoms with van der Waals surface area (Å²) in [4.78, 5) is 9.52. The minimum atomic E-state index is 0.251. The van der Waals surface area contributed by atoms with Gasteiger partial charge < -0.3 is 15.8 Å². The third-order valence-corrected chi connectivity index (χ3v) is 4.45. The van der Waals surface area contributed by atoms with E-state index in [-0.39, 0.29) is 5.75 Å². The van der Waals surface area contributed by atoms with Crippen LogP contribution >= 0.6 is 0 Å². The maximum Gasteiger partial charge on any atom is 0.160 e. The Kier molecular flexibility index (Phi) is 5.50. The molecule has 138 valence electrons. The van der Waals surface area contributed by atoms with Crippen LogP contribution in [0.25, 0.3) is 22.6 Å². The van der Waals surface area contributed by atoms with E-state index in [1.54, 1.807) is 6.07 Å². The number of aryl methyl sites for hydroxylation is 1. The number of phenols is 1. The van der Waals surface area contributed by atoms with Gasteiger partial charge in [-0.05, 0) is 37.1 Å². The number of hydrogen-bond acceptors (Lipinski definition) is 5. The number of hydrogen-bond donors (Lipinski definition) is 3. The molecular formula is C22H24N4O. The van der Waals surface area contributed by atoms with Crippen molar-refractivity contribution in [1.82, 2.24) is 9.97 Å². The van der Waals surface area contributed by atoms with Gasteiger partial charge in [0, 0.05) is 18.2 Å². The quantitative estimate of drug-likeness (QED) is 0.538. The summed E-state index contributed by atoms with van der Waals surface area (Å²) in [6, 6.07) is 15.2. The van der Waals surface area contributed by atoms with Crippen molar-refractivity contribution in [2.75, 3.05) is 12.4 Å². The lowest BCUT2D eigenvalue weighted by atomic mass is 10.0. The molecule has 0 radical (unpaired) electrons. The Morgan fingerprint density at radius 2 is 1.81 bits per heavy atom. The van der Waals surface area contributed by atoms with E-state index in [4.69, 9.17) is 15.4 Å². The number of aromatic nitrogens is 2. The van der Waals surface area contributed by atoms with Crippen LogP contribution in [-0.2, 0) is 0 Å². The topological polar surface area (TPSA) is 81.9 Å². The van der Waals surface area contributed by atoms with Gasteiger partial charge in [-0.1, -0.05) is 43.7 Å². The monoisotopic (exact) mass is 360 g/mol. The normalized spacial score (nSPS) is 10.6. The zero-order valence-electron chi connectivity index (χ0n) is 15.9. The highest BCUT2D eigenvalue weighted by molar-refractivity contribution is 6.04. The van der Waals surface area contributed by atoms with Crippen LogP contribution in [0.3, 0.4) is 0 Å². The van der Waals surface area contributed by atoms with E-state index >= 15 is 0 Å². The summed E-state index contributed by atoms with van der Waals surface area (Å²) in [5.41, 5.74) is 5.12. The second kappa shape index (κ2) is 7.99. The fourth-order valence-corrected chi connectivity index (χ4v) is 3.01. The Balaban J connectivity index is 2.27. The van der Waals surface area contributed by atoms with E-state index in [1.807, 2.05) is 56.4 Å². The predicted molar refractivity (Wildman–Crippen MR) is 111 cm³/mol. The van der Waals surface area contributed by atoms with Gasteiger partial charge in [-0.25, -0.2) is 9.97 Å². The largest absolute Gasteiger partial charge is 0.508 e. The van der Waals surface area contributed by atoms with Crippen molar-refractivity contribution >= 4 is 11.4 Å². The first-order chi connectivity index (χ1) is 13.0. The van der Waals surface area contributed by atoms with Gasteiger partial charge in [-0.2, -0.15) is 0 Å². The van der Waals surface area contributed by atoms with Gasteiger partial charge in [0.25, 0.3) is 0 Å². The number of rotatable bonds is 6. The molecule has 3 aromatic rings. The highest BCUT2D eigenvalue weighted by Crippen LogP contribution is 2.33. The summed E-state index contributed by atoms with van der Waals surface area (Å²) in [7, 11) is 1.82. The molecule has 0 fully saturated rings. The molecule has 0 atom stereocenters. The van der Waals surface area contributed by atoms with E-state index in [9.17, 15) is 5.11 Å². The Labute approximate surface area is 159 Å². The maximum atomic E-state index is 9.88. The van der Waals surface area contributed by atoms with Crippen LogP contribution in [-0.4, -0.2) is 27.8 Å². The SMILES string of the molecule is CCCC(=N)c1nc(-c2ccccc2)nc(-c2ccc(O)c(C)c2)c1NC. The Morgan fingerprint density at radius 1 is 1.07 bits per heavy atom. The van der Waals surface area contributed by atoms with Crippen LogP contribution < -0.4 is 5.32 Å². The molecule has 0 aliphatic rings. The highest BCUT2D eigenvalue weighted by Gasteiger charge is 2.19. The molecule has 1 heterocycles. The number of aromatic hydroxyl groups is 1. The van der Waals surface area contributed by atoms with Crippen LogP contribution in [0.15, 0.2) is 48.5 Å². The molecule has 2 aromatic carbocycles. The van der Waals surface area contributed by atoms with Crippen molar-refractivity contribution < 1.29 is 5.11 Å². The van der Waals surface area contributed by atoms with E-state index in [1.165, 1.54) is 0 Å². The molecule has 0 spiro atoms. The minimum Gasteiger partial charge on any atom is -0.508 e. The summed E-state index contributed by atoms with van der Waals surface area (Å²) in [6.45, 7) is 3.91. The zero-order chi connectivity index (χ0) is 19.4. The molecule has 3 N–H and O–H groups in total. The molecule has 27 heavy (non-hydrogen) atoms. The number of benzene rings is 2. The van der Waals surface area contributed by atoms with Gasteiger partial charge >= 0.3 is 0 Å². The van der Waals surface area contributed by atoms with Gasteiger partial charge in [-0.3, -0.25) is 0 Å². The maximum absolute atomic E-state index is 9.88. The Hall–Kier alpha value is -3.21. The van der Waals surface area contributed by atoms with Gasteiger partial charge in [0.2, 0.25) is 0 Å². The standard InChI is InChI=1S/C22H24N4O/c1-4-8-17(23)20-21(24-3)19(16-11-12-18(27)14(2)13-16)25-22(26-20)15-9-6-5-7-10-15/h5-7,9-13,23-24,27H,4,8H2,1-3H3. The van der Waals surface area contributed by atoms with Gasteiger partial charge in [0.15, 0.2) is 5.82 Å². The second-order valence-electron chi connectivity index (χ2n) is 6.47. The van der Waals surface area contributed by atoms with Crippen LogP contribution in [0.5, 0.6) is 5.75 Å². The lowest BCUT2D eigenvalue weighted by Crippen LogP contribution is -2.11. The van der Waals surface area contributed by atoms with Crippen molar-refractivity contribution in [1.29, 1.82) is 5.41 Å². The second-order valence-corrected chi connectivity index (χ2v) is 6.47. The number of phenolic OH excluding ortho intramolecular Hbond substituents is 1. The van der Waals surface area contributed by atoms with Crippen molar-refractivity contribution in [3.63, 3.8) is 0 Å². The molecule has 0 aliphatic heterocycles. The Bertz CT molecular complexity index is 968. The summed E-state index contributed by atoms with van der Waals surface area (Å²) in [5, 5.41) is 21.6.